The van der Waals surface area contributed by atoms with Crippen LogP contribution in [0.5, 0.6) is 0 Å². The molecule has 0 aromatic heterocycles. The normalized spacial score (nSPS) is 17.8. The number of aliphatic imine (C=N–C) groups is 1. The van der Waals surface area contributed by atoms with E-state index in [0.29, 0.717) is 11.7 Å². The Morgan fingerprint density at radius 3 is 2.48 bits per heavy atom. The third-order valence-electron chi connectivity index (χ3n) is 4.81. The van der Waals surface area contributed by atoms with Gasteiger partial charge in [-0.25, -0.2) is 4.99 Å². The minimum atomic E-state index is -0.450. The number of aryl methyl sites for hydroxylation is 3. The van der Waals surface area contributed by atoms with Crippen LogP contribution in [0, 0.1) is 20.8 Å². The molecule has 0 radical (unpaired) electrons. The summed E-state index contributed by atoms with van der Waals surface area (Å²) in [5.41, 5.74) is 4.79. The number of amidine groups is 1. The number of carbonyl (C=O) groups excluding carboxylic acids is 2. The van der Waals surface area contributed by atoms with Crippen molar-refractivity contribution in [3.8, 4) is 0 Å². The Morgan fingerprint density at radius 1 is 1.14 bits per heavy atom. The maximum Gasteiger partial charge on any atom is 0.242 e. The molecule has 1 heterocycles. The summed E-state index contributed by atoms with van der Waals surface area (Å²) in [6.07, 6.45) is 0.963. The summed E-state index contributed by atoms with van der Waals surface area (Å²) >= 11 is 1.38. The van der Waals surface area contributed by atoms with Gasteiger partial charge in [0.15, 0.2) is 5.17 Å². The van der Waals surface area contributed by atoms with Crippen LogP contribution in [0.3, 0.4) is 0 Å². The molecule has 1 fully saturated rings. The highest BCUT2D eigenvalue weighted by Crippen LogP contribution is 2.32. The molecular formula is C23H27N3O2S. The van der Waals surface area contributed by atoms with Gasteiger partial charge in [0.2, 0.25) is 11.8 Å². The molecule has 2 aromatic carbocycles. The highest BCUT2D eigenvalue weighted by atomic mass is 32.2. The van der Waals surface area contributed by atoms with E-state index in [0.717, 1.165) is 34.5 Å². The van der Waals surface area contributed by atoms with Gasteiger partial charge in [0.25, 0.3) is 0 Å². The molecule has 0 bridgehead atoms. The lowest BCUT2D eigenvalue weighted by atomic mass is 10.1. The van der Waals surface area contributed by atoms with Gasteiger partial charge in [0.1, 0.15) is 5.25 Å². The lowest BCUT2D eigenvalue weighted by Gasteiger charge is -2.15. The van der Waals surface area contributed by atoms with Crippen LogP contribution in [0.4, 0.5) is 11.4 Å². The van der Waals surface area contributed by atoms with Crippen molar-refractivity contribution in [1.82, 2.24) is 4.90 Å². The number of thioether (sulfide) groups is 1. The van der Waals surface area contributed by atoms with Crippen molar-refractivity contribution < 1.29 is 9.59 Å². The summed E-state index contributed by atoms with van der Waals surface area (Å²) in [6.45, 7) is 8.58. The first-order valence-electron chi connectivity index (χ1n) is 9.88. The molecule has 1 aliphatic heterocycles. The van der Waals surface area contributed by atoms with Gasteiger partial charge in [-0.15, -0.1) is 0 Å². The van der Waals surface area contributed by atoms with E-state index in [1.54, 1.807) is 4.90 Å². The lowest BCUT2D eigenvalue weighted by molar-refractivity contribution is -0.128. The third-order valence-corrected chi connectivity index (χ3v) is 5.99. The van der Waals surface area contributed by atoms with Crippen molar-refractivity contribution in [2.24, 2.45) is 4.99 Å². The van der Waals surface area contributed by atoms with Gasteiger partial charge >= 0.3 is 0 Å². The topological polar surface area (TPSA) is 61.8 Å². The fourth-order valence-corrected chi connectivity index (χ4v) is 4.52. The largest absolute Gasteiger partial charge is 0.326 e. The Morgan fingerprint density at radius 2 is 1.83 bits per heavy atom. The fourth-order valence-electron chi connectivity index (χ4n) is 3.33. The first kappa shape index (κ1) is 21.1. The van der Waals surface area contributed by atoms with Crippen molar-refractivity contribution in [3.63, 3.8) is 0 Å². The van der Waals surface area contributed by atoms with E-state index in [1.165, 1.54) is 11.8 Å². The van der Waals surface area contributed by atoms with Crippen LogP contribution in [0.2, 0.25) is 0 Å². The van der Waals surface area contributed by atoms with Crippen molar-refractivity contribution in [1.29, 1.82) is 0 Å². The van der Waals surface area contributed by atoms with Crippen LogP contribution in [0.25, 0.3) is 0 Å². The van der Waals surface area contributed by atoms with E-state index in [1.807, 2.05) is 70.2 Å². The average molecular weight is 410 g/mol. The minimum Gasteiger partial charge on any atom is -0.326 e. The summed E-state index contributed by atoms with van der Waals surface area (Å²) in [5.74, 6) is -0.193. The van der Waals surface area contributed by atoms with Gasteiger partial charge in [-0.3, -0.25) is 14.5 Å². The lowest BCUT2D eigenvalue weighted by Crippen LogP contribution is -2.34. The van der Waals surface area contributed by atoms with Crippen LogP contribution in [-0.2, 0) is 9.59 Å². The first-order valence-corrected chi connectivity index (χ1v) is 10.8. The van der Waals surface area contributed by atoms with Crippen molar-refractivity contribution in [2.45, 2.75) is 45.8 Å². The zero-order valence-electron chi connectivity index (χ0n) is 17.4. The molecular weight excluding hydrogens is 382 g/mol. The number of hydrogen-bond acceptors (Lipinski definition) is 4. The quantitative estimate of drug-likeness (QED) is 0.732. The minimum absolute atomic E-state index is 0.0418. The molecule has 2 aromatic rings. The van der Waals surface area contributed by atoms with E-state index in [4.69, 9.17) is 4.99 Å². The Hall–Kier alpha value is -2.60. The highest BCUT2D eigenvalue weighted by molar-refractivity contribution is 8.15. The summed E-state index contributed by atoms with van der Waals surface area (Å²) in [5, 5.41) is 3.21. The van der Waals surface area contributed by atoms with E-state index in [9.17, 15) is 9.59 Å². The number of nitrogens with one attached hydrogen (secondary N) is 1. The maximum atomic E-state index is 12.9. The standard InChI is InChI=1S/C23H27N3O2S/c1-5-12-26-22(28)19(29-23(26)24-18-11-6-8-15(2)13-18)14-20(27)25-21-16(3)9-7-10-17(21)4/h6-11,13,19H,5,12,14H2,1-4H3,(H,25,27)/t19-/m1/s1. The van der Waals surface area contributed by atoms with E-state index >= 15 is 0 Å². The molecule has 0 aliphatic carbocycles. The third kappa shape index (κ3) is 5.07. The summed E-state index contributed by atoms with van der Waals surface area (Å²) in [6, 6.07) is 13.8. The Balaban J connectivity index is 1.76. The SMILES string of the molecule is CCCN1C(=O)[C@@H](CC(=O)Nc2c(C)cccc2C)SC1=Nc1cccc(C)c1. The number of rotatable bonds is 6. The second kappa shape index (κ2) is 9.27. The monoisotopic (exact) mass is 409 g/mol. The van der Waals surface area contributed by atoms with Gasteiger partial charge in [0, 0.05) is 18.7 Å². The predicted molar refractivity (Wildman–Crippen MR) is 121 cm³/mol. The number of carbonyl (C=O) groups is 2. The number of para-hydroxylation sites is 1. The van der Waals surface area contributed by atoms with Crippen molar-refractivity contribution in [2.75, 3.05) is 11.9 Å². The van der Waals surface area contributed by atoms with Crippen molar-refractivity contribution in [3.05, 3.63) is 59.2 Å². The molecule has 3 rings (SSSR count). The van der Waals surface area contributed by atoms with Gasteiger partial charge in [0.05, 0.1) is 5.69 Å². The molecule has 1 N–H and O–H groups in total. The summed E-state index contributed by atoms with van der Waals surface area (Å²) < 4.78 is 0. The molecule has 0 spiro atoms. The highest BCUT2D eigenvalue weighted by Gasteiger charge is 2.38. The first-order chi connectivity index (χ1) is 13.9. The number of anilines is 1. The van der Waals surface area contributed by atoms with E-state index in [2.05, 4.69) is 5.32 Å². The second-order valence-corrected chi connectivity index (χ2v) is 8.52. The average Bonchev–Trinajstić information content (AvgIpc) is 2.94. The number of hydrogen-bond donors (Lipinski definition) is 1. The molecule has 1 saturated heterocycles. The van der Waals surface area contributed by atoms with Gasteiger partial charge in [-0.05, 0) is 56.0 Å². The summed E-state index contributed by atoms with van der Waals surface area (Å²) in [4.78, 5) is 32.0. The van der Waals surface area contributed by atoms with Gasteiger partial charge in [-0.1, -0.05) is 49.0 Å². The molecule has 0 saturated carbocycles. The summed E-state index contributed by atoms with van der Waals surface area (Å²) in [7, 11) is 0. The van der Waals surface area contributed by atoms with Crippen molar-refractivity contribution >= 4 is 40.1 Å². The van der Waals surface area contributed by atoms with Crippen LogP contribution in [-0.4, -0.2) is 33.7 Å². The zero-order valence-corrected chi connectivity index (χ0v) is 18.2. The number of amides is 2. The Bertz CT molecular complexity index is 935. The van der Waals surface area contributed by atoms with E-state index < -0.39 is 5.25 Å². The number of benzene rings is 2. The van der Waals surface area contributed by atoms with Crippen LogP contribution in [0.15, 0.2) is 47.5 Å². The van der Waals surface area contributed by atoms with Crippen LogP contribution >= 0.6 is 11.8 Å². The zero-order chi connectivity index (χ0) is 21.0. The fraction of sp³-hybridized carbons (Fsp3) is 0.348. The molecule has 2 amide bonds. The van der Waals surface area contributed by atoms with E-state index in [-0.39, 0.29) is 18.2 Å². The molecule has 29 heavy (non-hydrogen) atoms. The maximum absolute atomic E-state index is 12.9. The molecule has 0 unspecified atom stereocenters. The second-order valence-electron chi connectivity index (χ2n) is 7.35. The van der Waals surface area contributed by atoms with Gasteiger partial charge < -0.3 is 5.32 Å². The van der Waals surface area contributed by atoms with Gasteiger partial charge in [-0.2, -0.15) is 0 Å². The Labute approximate surface area is 176 Å². The molecule has 6 heteroatoms. The molecule has 5 nitrogen and oxygen atoms in total. The van der Waals surface area contributed by atoms with Crippen LogP contribution < -0.4 is 5.32 Å². The van der Waals surface area contributed by atoms with Crippen LogP contribution in [0.1, 0.15) is 36.5 Å². The number of nitrogens with zero attached hydrogens (tertiary/aromatic N) is 2. The predicted octanol–water partition coefficient (Wildman–Crippen LogP) is 4.98. The Kier molecular flexibility index (Phi) is 6.75. The molecule has 1 aliphatic rings. The smallest absolute Gasteiger partial charge is 0.242 e. The molecule has 1 atom stereocenters. The molecule has 152 valence electrons.